The number of nitrogens with zero attached hydrogens (tertiary/aromatic N) is 3. The monoisotopic (exact) mass is 439 g/mol. The molecule has 0 fully saturated rings. The Hall–Kier alpha value is -3.03. The maximum absolute atomic E-state index is 13.4. The molecule has 30 heavy (non-hydrogen) atoms. The van der Waals surface area contributed by atoms with Crippen LogP contribution in [-0.4, -0.2) is 22.1 Å². The van der Waals surface area contributed by atoms with Crippen LogP contribution in [0.2, 0.25) is 5.02 Å². The number of rotatable bonds is 4. The minimum atomic E-state index is -0.718. The predicted octanol–water partition coefficient (Wildman–Crippen LogP) is 2.85. The number of halogens is 1. The van der Waals surface area contributed by atoms with Crippen LogP contribution >= 0.6 is 22.9 Å². The van der Waals surface area contributed by atoms with Gasteiger partial charge in [0, 0.05) is 17.4 Å². The fourth-order valence-corrected chi connectivity index (χ4v) is 4.68. The number of aromatic nitrogens is 2. The Morgan fingerprint density at radius 3 is 2.80 bits per heavy atom. The molecule has 0 saturated heterocycles. The van der Waals surface area contributed by atoms with E-state index in [1.807, 2.05) is 18.2 Å². The molecule has 1 aromatic carbocycles. The molecule has 0 N–H and O–H groups in total. The van der Waals surface area contributed by atoms with Crippen LogP contribution in [0.1, 0.15) is 31.0 Å². The van der Waals surface area contributed by atoms with E-state index >= 15 is 0 Å². The highest BCUT2D eigenvalue weighted by molar-refractivity contribution is 7.07. The van der Waals surface area contributed by atoms with Crippen LogP contribution in [-0.2, 0) is 9.53 Å². The predicted molar refractivity (Wildman–Crippen MR) is 116 cm³/mol. The van der Waals surface area contributed by atoms with Crippen LogP contribution in [0.5, 0.6) is 0 Å². The van der Waals surface area contributed by atoms with Crippen molar-refractivity contribution in [2.75, 3.05) is 6.61 Å². The van der Waals surface area contributed by atoms with E-state index in [4.69, 9.17) is 16.3 Å². The average molecular weight is 440 g/mol. The lowest BCUT2D eigenvalue weighted by atomic mass is 9.96. The summed E-state index contributed by atoms with van der Waals surface area (Å²) < 4.78 is 7.29. The topological polar surface area (TPSA) is 73.6 Å². The molecule has 3 aromatic rings. The number of pyridine rings is 1. The first-order chi connectivity index (χ1) is 14.5. The second-order valence-electron chi connectivity index (χ2n) is 6.61. The molecule has 8 heteroatoms. The van der Waals surface area contributed by atoms with Gasteiger partial charge < -0.3 is 4.74 Å². The molecule has 0 amide bonds. The summed E-state index contributed by atoms with van der Waals surface area (Å²) in [6.07, 6.45) is 5.12. The lowest BCUT2D eigenvalue weighted by Gasteiger charge is -2.25. The number of thiazole rings is 1. The largest absolute Gasteiger partial charge is 0.463 e. The van der Waals surface area contributed by atoms with Gasteiger partial charge in [0.2, 0.25) is 0 Å². The quantitative estimate of drug-likeness (QED) is 0.586. The first-order valence-corrected chi connectivity index (χ1v) is 10.5. The fourth-order valence-electron chi connectivity index (χ4n) is 3.40. The number of hydrogen-bond donors (Lipinski definition) is 0. The summed E-state index contributed by atoms with van der Waals surface area (Å²) in [6.45, 7) is 3.70. The lowest BCUT2D eigenvalue weighted by Crippen LogP contribution is -2.40. The number of carbonyl (C=O) groups is 1. The Morgan fingerprint density at radius 1 is 1.30 bits per heavy atom. The maximum atomic E-state index is 13.4. The average Bonchev–Trinajstić information content (AvgIpc) is 3.03. The van der Waals surface area contributed by atoms with Crippen molar-refractivity contribution in [3.8, 4) is 0 Å². The first kappa shape index (κ1) is 20.3. The first-order valence-electron chi connectivity index (χ1n) is 9.35. The molecule has 0 bridgehead atoms. The number of benzene rings is 1. The molecular weight excluding hydrogens is 422 g/mol. The van der Waals surface area contributed by atoms with Crippen molar-refractivity contribution in [1.82, 2.24) is 9.55 Å². The zero-order valence-corrected chi connectivity index (χ0v) is 17.9. The third-order valence-electron chi connectivity index (χ3n) is 4.70. The van der Waals surface area contributed by atoms with E-state index in [1.165, 1.54) is 15.9 Å². The maximum Gasteiger partial charge on any atom is 0.338 e. The number of ether oxygens (including phenoxy) is 1. The summed E-state index contributed by atoms with van der Waals surface area (Å²) >= 11 is 7.74. The summed E-state index contributed by atoms with van der Waals surface area (Å²) in [6, 6.07) is 10.1. The highest BCUT2D eigenvalue weighted by atomic mass is 35.5. The summed E-state index contributed by atoms with van der Waals surface area (Å²) in [5.41, 5.74) is 2.02. The van der Waals surface area contributed by atoms with E-state index in [-0.39, 0.29) is 12.2 Å². The van der Waals surface area contributed by atoms with Crippen molar-refractivity contribution in [3.63, 3.8) is 0 Å². The molecule has 3 heterocycles. The molecule has 0 saturated carbocycles. The van der Waals surface area contributed by atoms with E-state index in [9.17, 15) is 9.59 Å². The van der Waals surface area contributed by atoms with Gasteiger partial charge in [0.25, 0.3) is 5.56 Å². The van der Waals surface area contributed by atoms with Crippen molar-refractivity contribution < 1.29 is 9.53 Å². The number of fused-ring (bicyclic) bond motifs is 1. The van der Waals surface area contributed by atoms with Crippen molar-refractivity contribution in [3.05, 3.63) is 95.9 Å². The summed E-state index contributed by atoms with van der Waals surface area (Å²) in [5.74, 6) is -0.509. The Balaban J connectivity index is 1.99. The summed E-state index contributed by atoms with van der Waals surface area (Å²) in [4.78, 5) is 35.3. The SMILES string of the molecule is CCOC(=O)C1=C(C)N=c2s/c(=C\c3cccnc3)c(=O)n2[C@@H]1c1ccccc1Cl. The van der Waals surface area contributed by atoms with Gasteiger partial charge in [-0.15, -0.1) is 0 Å². The van der Waals surface area contributed by atoms with Gasteiger partial charge in [-0.05, 0) is 43.2 Å². The molecule has 4 rings (SSSR count). The fraction of sp³-hybridized carbons (Fsp3) is 0.182. The Labute approximate surface area is 181 Å². The van der Waals surface area contributed by atoms with Gasteiger partial charge in [-0.2, -0.15) is 0 Å². The lowest BCUT2D eigenvalue weighted by molar-refractivity contribution is -0.139. The Morgan fingerprint density at radius 2 is 2.10 bits per heavy atom. The van der Waals surface area contributed by atoms with Crippen LogP contribution in [0.25, 0.3) is 6.08 Å². The Bertz CT molecular complexity index is 1330. The van der Waals surface area contributed by atoms with Crippen LogP contribution in [0.3, 0.4) is 0 Å². The Kier molecular flexibility index (Phi) is 5.65. The number of carbonyl (C=O) groups excluding carboxylic acids is 1. The molecule has 0 radical (unpaired) electrons. The second-order valence-corrected chi connectivity index (χ2v) is 8.03. The van der Waals surface area contributed by atoms with E-state index < -0.39 is 12.0 Å². The minimum Gasteiger partial charge on any atom is -0.463 e. The van der Waals surface area contributed by atoms with Crippen molar-refractivity contribution in [2.45, 2.75) is 19.9 Å². The second kappa shape index (κ2) is 8.38. The molecule has 2 aromatic heterocycles. The van der Waals surface area contributed by atoms with Gasteiger partial charge >= 0.3 is 5.97 Å². The van der Waals surface area contributed by atoms with Crippen molar-refractivity contribution in [1.29, 1.82) is 0 Å². The van der Waals surface area contributed by atoms with Gasteiger partial charge in [0.15, 0.2) is 4.80 Å². The molecular formula is C22H18ClN3O3S. The zero-order valence-electron chi connectivity index (χ0n) is 16.3. The van der Waals surface area contributed by atoms with Crippen LogP contribution in [0.15, 0.2) is 69.8 Å². The minimum absolute atomic E-state index is 0.219. The normalized spacial score (nSPS) is 16.2. The van der Waals surface area contributed by atoms with Crippen LogP contribution in [0, 0.1) is 0 Å². The highest BCUT2D eigenvalue weighted by Crippen LogP contribution is 2.34. The van der Waals surface area contributed by atoms with Crippen molar-refractivity contribution >= 4 is 35.0 Å². The van der Waals surface area contributed by atoms with Gasteiger partial charge in [-0.3, -0.25) is 14.3 Å². The molecule has 1 aliphatic heterocycles. The molecule has 1 aliphatic rings. The number of hydrogen-bond acceptors (Lipinski definition) is 6. The molecule has 1 atom stereocenters. The summed E-state index contributed by atoms with van der Waals surface area (Å²) in [7, 11) is 0. The summed E-state index contributed by atoms with van der Waals surface area (Å²) in [5, 5.41) is 0.459. The van der Waals surface area contributed by atoms with Gasteiger partial charge in [-0.25, -0.2) is 9.79 Å². The van der Waals surface area contributed by atoms with E-state index in [1.54, 1.807) is 50.5 Å². The third kappa shape index (κ3) is 3.62. The third-order valence-corrected chi connectivity index (χ3v) is 6.03. The van der Waals surface area contributed by atoms with Gasteiger partial charge in [-0.1, -0.05) is 47.2 Å². The molecule has 0 spiro atoms. The number of esters is 1. The standard InChI is InChI=1S/C22H18ClN3O3S/c1-3-29-21(28)18-13(2)25-22-26(19(18)15-8-4-5-9-16(15)23)20(27)17(30-22)11-14-7-6-10-24-12-14/h4-12,19H,3H2,1-2H3/b17-11-/t19-/m1/s1. The zero-order chi connectivity index (χ0) is 21.3. The van der Waals surface area contributed by atoms with E-state index in [0.29, 0.717) is 31.2 Å². The molecule has 0 aliphatic carbocycles. The molecule has 0 unspecified atom stereocenters. The van der Waals surface area contributed by atoms with E-state index in [2.05, 4.69) is 9.98 Å². The van der Waals surface area contributed by atoms with Crippen molar-refractivity contribution in [2.24, 2.45) is 4.99 Å². The van der Waals surface area contributed by atoms with Crippen LogP contribution < -0.4 is 14.9 Å². The number of allylic oxidation sites excluding steroid dienone is 1. The van der Waals surface area contributed by atoms with Crippen LogP contribution in [0.4, 0.5) is 0 Å². The smallest absolute Gasteiger partial charge is 0.338 e. The molecule has 152 valence electrons. The van der Waals surface area contributed by atoms with Gasteiger partial charge in [0.05, 0.1) is 22.4 Å². The van der Waals surface area contributed by atoms with E-state index in [0.717, 1.165) is 5.56 Å². The van der Waals surface area contributed by atoms with Gasteiger partial charge in [0.1, 0.15) is 6.04 Å². The molecule has 6 nitrogen and oxygen atoms in total. The highest BCUT2D eigenvalue weighted by Gasteiger charge is 2.34.